The van der Waals surface area contributed by atoms with Crippen LogP contribution in [0.25, 0.3) is 0 Å². The number of ether oxygens (including phenoxy) is 1. The van der Waals surface area contributed by atoms with Crippen LogP contribution in [0.5, 0.6) is 5.75 Å². The minimum Gasteiger partial charge on any atom is -0.494 e. The minimum atomic E-state index is -0.346. The van der Waals surface area contributed by atoms with Gasteiger partial charge in [-0.2, -0.15) is 0 Å². The first-order chi connectivity index (χ1) is 15.9. The Kier molecular flexibility index (Phi) is 7.28. The maximum absolute atomic E-state index is 13.7. The van der Waals surface area contributed by atoms with Crippen LogP contribution >= 0.6 is 0 Å². The predicted octanol–water partition coefficient (Wildman–Crippen LogP) is 3.32. The molecule has 0 unspecified atom stereocenters. The second-order valence-corrected chi connectivity index (χ2v) is 9.07. The van der Waals surface area contributed by atoms with Gasteiger partial charge in [-0.05, 0) is 60.9 Å². The minimum absolute atomic E-state index is 0.00542. The highest BCUT2D eigenvalue weighted by Crippen LogP contribution is 2.36. The first kappa shape index (κ1) is 23.2. The van der Waals surface area contributed by atoms with Crippen LogP contribution in [-0.4, -0.2) is 49.5 Å². The monoisotopic (exact) mass is 453 g/mol. The average molecular weight is 454 g/mol. The largest absolute Gasteiger partial charge is 0.494 e. The lowest BCUT2D eigenvalue weighted by Gasteiger charge is -2.26. The summed E-state index contributed by atoms with van der Waals surface area (Å²) in [7, 11) is 1.48. The first-order valence-corrected chi connectivity index (χ1v) is 11.7. The first-order valence-electron chi connectivity index (χ1n) is 11.7. The highest BCUT2D eigenvalue weighted by atomic mass is 19.1. The molecule has 1 aliphatic heterocycles. The summed E-state index contributed by atoms with van der Waals surface area (Å²) in [6.45, 7) is 3.34. The summed E-state index contributed by atoms with van der Waals surface area (Å²) in [5, 5.41) is 6.42. The van der Waals surface area contributed by atoms with Gasteiger partial charge in [0.1, 0.15) is 0 Å². The summed E-state index contributed by atoms with van der Waals surface area (Å²) in [6, 6.07) is 13.8. The van der Waals surface area contributed by atoms with E-state index in [0.717, 1.165) is 30.4 Å². The number of hydrogen-bond acceptors (Lipinski definition) is 4. The Morgan fingerprint density at radius 2 is 2.03 bits per heavy atom. The fourth-order valence-electron chi connectivity index (χ4n) is 4.88. The summed E-state index contributed by atoms with van der Waals surface area (Å²) >= 11 is 0. The molecule has 1 heterocycles. The van der Waals surface area contributed by atoms with Gasteiger partial charge in [-0.3, -0.25) is 9.59 Å². The van der Waals surface area contributed by atoms with Crippen LogP contribution in [0.3, 0.4) is 0 Å². The average Bonchev–Trinajstić information content (AvgIpc) is 3.28. The lowest BCUT2D eigenvalue weighted by atomic mass is 9.95. The number of methoxy groups -OCH3 is 1. The van der Waals surface area contributed by atoms with Crippen LogP contribution in [0.15, 0.2) is 42.5 Å². The molecule has 2 aromatic rings. The Hall–Kier alpha value is -2.93. The van der Waals surface area contributed by atoms with Crippen LogP contribution in [0.1, 0.15) is 54.8 Å². The molecule has 2 amide bonds. The normalized spacial score (nSPS) is 21.5. The van der Waals surface area contributed by atoms with Crippen molar-refractivity contribution < 1.29 is 18.7 Å². The SMILES string of the molecule is COc1cc([C@@H](C)N[C@H]2CC[C@@H](c3ccc(CC(=O)N4CCNC(=O)C4)cc3)C2)ccc1F. The summed E-state index contributed by atoms with van der Waals surface area (Å²) in [6.07, 6.45) is 3.56. The van der Waals surface area contributed by atoms with E-state index in [1.54, 1.807) is 17.0 Å². The summed E-state index contributed by atoms with van der Waals surface area (Å²) in [4.78, 5) is 25.6. The third-order valence-electron chi connectivity index (χ3n) is 6.79. The van der Waals surface area contributed by atoms with Crippen molar-refractivity contribution in [1.82, 2.24) is 15.5 Å². The molecule has 1 saturated heterocycles. The van der Waals surface area contributed by atoms with Gasteiger partial charge in [0.25, 0.3) is 0 Å². The molecular formula is C26H32FN3O3. The Labute approximate surface area is 194 Å². The smallest absolute Gasteiger partial charge is 0.239 e. The number of halogens is 1. The summed E-state index contributed by atoms with van der Waals surface area (Å²) < 4.78 is 18.8. The van der Waals surface area contributed by atoms with Crippen molar-refractivity contribution in [2.75, 3.05) is 26.7 Å². The van der Waals surface area contributed by atoms with E-state index in [2.05, 4.69) is 29.7 Å². The lowest BCUT2D eigenvalue weighted by molar-refractivity contribution is -0.137. The van der Waals surface area contributed by atoms with Gasteiger partial charge >= 0.3 is 0 Å². The summed E-state index contributed by atoms with van der Waals surface area (Å²) in [5.41, 5.74) is 3.28. The Balaban J connectivity index is 1.30. The molecule has 4 rings (SSSR count). The van der Waals surface area contributed by atoms with E-state index in [4.69, 9.17) is 4.74 Å². The van der Waals surface area contributed by atoms with Crippen LogP contribution in [0, 0.1) is 5.82 Å². The zero-order chi connectivity index (χ0) is 23.4. The topological polar surface area (TPSA) is 70.7 Å². The summed E-state index contributed by atoms with van der Waals surface area (Å²) in [5.74, 6) is 0.304. The van der Waals surface area contributed by atoms with Crippen LogP contribution < -0.4 is 15.4 Å². The molecule has 7 heteroatoms. The van der Waals surface area contributed by atoms with Gasteiger partial charge in [0, 0.05) is 25.2 Å². The number of carbonyl (C=O) groups excluding carboxylic acids is 2. The molecule has 2 N–H and O–H groups in total. The van der Waals surface area contributed by atoms with Gasteiger partial charge in [0.05, 0.1) is 20.1 Å². The van der Waals surface area contributed by atoms with Gasteiger partial charge < -0.3 is 20.3 Å². The second kappa shape index (κ2) is 10.3. The highest BCUT2D eigenvalue weighted by Gasteiger charge is 2.27. The van der Waals surface area contributed by atoms with Crippen molar-refractivity contribution in [2.24, 2.45) is 0 Å². The molecular weight excluding hydrogens is 421 g/mol. The quantitative estimate of drug-likeness (QED) is 0.675. The number of carbonyl (C=O) groups is 2. The standard InChI is InChI=1S/C26H32FN3O3/c1-17(20-8-10-23(27)24(15-20)33-2)29-22-9-7-21(14-22)19-5-3-18(4-6-19)13-26(32)30-12-11-28-25(31)16-30/h3-6,8,10,15,17,21-22,29H,7,9,11-14,16H2,1-2H3,(H,28,31)/t17-,21-,22+/m1/s1. The molecule has 0 bridgehead atoms. The van der Waals surface area contributed by atoms with Crippen molar-refractivity contribution in [3.63, 3.8) is 0 Å². The molecule has 0 spiro atoms. The molecule has 176 valence electrons. The van der Waals surface area contributed by atoms with E-state index in [-0.39, 0.29) is 36.0 Å². The third-order valence-corrected chi connectivity index (χ3v) is 6.79. The fraction of sp³-hybridized carbons (Fsp3) is 0.462. The zero-order valence-corrected chi connectivity index (χ0v) is 19.3. The predicted molar refractivity (Wildman–Crippen MR) is 125 cm³/mol. The number of benzene rings is 2. The molecule has 6 nitrogen and oxygen atoms in total. The van der Waals surface area contributed by atoms with Gasteiger partial charge in [0.2, 0.25) is 11.8 Å². The third kappa shape index (κ3) is 5.71. The van der Waals surface area contributed by atoms with Crippen LogP contribution in [-0.2, 0) is 16.0 Å². The van der Waals surface area contributed by atoms with E-state index in [1.165, 1.54) is 18.7 Å². The van der Waals surface area contributed by atoms with Gasteiger partial charge in [-0.1, -0.05) is 30.3 Å². The van der Waals surface area contributed by atoms with Gasteiger partial charge in [-0.15, -0.1) is 0 Å². The molecule has 1 saturated carbocycles. The van der Waals surface area contributed by atoms with E-state index in [9.17, 15) is 14.0 Å². The van der Waals surface area contributed by atoms with Crippen LogP contribution in [0.2, 0.25) is 0 Å². The lowest BCUT2D eigenvalue weighted by Crippen LogP contribution is -2.50. The zero-order valence-electron chi connectivity index (χ0n) is 19.3. The van der Waals surface area contributed by atoms with Gasteiger partial charge in [-0.25, -0.2) is 4.39 Å². The molecule has 33 heavy (non-hydrogen) atoms. The number of nitrogens with zero attached hydrogens (tertiary/aromatic N) is 1. The Morgan fingerprint density at radius 3 is 2.76 bits per heavy atom. The molecule has 0 aromatic heterocycles. The molecule has 2 aliphatic rings. The number of amides is 2. The molecule has 3 atom stereocenters. The molecule has 2 fully saturated rings. The fourth-order valence-corrected chi connectivity index (χ4v) is 4.88. The van der Waals surface area contributed by atoms with E-state index >= 15 is 0 Å². The highest BCUT2D eigenvalue weighted by molar-refractivity contribution is 5.86. The molecule has 2 aromatic carbocycles. The number of rotatable bonds is 7. The molecule has 0 radical (unpaired) electrons. The Bertz CT molecular complexity index is 995. The maximum atomic E-state index is 13.7. The van der Waals surface area contributed by atoms with Crippen molar-refractivity contribution in [3.8, 4) is 5.75 Å². The van der Waals surface area contributed by atoms with E-state index in [1.807, 2.05) is 12.1 Å². The van der Waals surface area contributed by atoms with Crippen LogP contribution in [0.4, 0.5) is 4.39 Å². The number of nitrogens with one attached hydrogen (secondary N) is 2. The van der Waals surface area contributed by atoms with Crippen molar-refractivity contribution in [1.29, 1.82) is 0 Å². The van der Waals surface area contributed by atoms with Crippen molar-refractivity contribution in [2.45, 2.75) is 50.6 Å². The Morgan fingerprint density at radius 1 is 1.24 bits per heavy atom. The number of hydrogen-bond donors (Lipinski definition) is 2. The second-order valence-electron chi connectivity index (χ2n) is 9.07. The van der Waals surface area contributed by atoms with E-state index in [0.29, 0.717) is 31.5 Å². The maximum Gasteiger partial charge on any atom is 0.239 e. The number of piperazine rings is 1. The molecule has 1 aliphatic carbocycles. The van der Waals surface area contributed by atoms with E-state index < -0.39 is 0 Å². The van der Waals surface area contributed by atoms with Crippen molar-refractivity contribution >= 4 is 11.8 Å². The van der Waals surface area contributed by atoms with Gasteiger partial charge in [0.15, 0.2) is 11.6 Å². The van der Waals surface area contributed by atoms with Crippen molar-refractivity contribution in [3.05, 3.63) is 65.0 Å².